The molecule has 2 aromatic rings. The van der Waals surface area contributed by atoms with Gasteiger partial charge in [0.05, 0.1) is 5.69 Å². The van der Waals surface area contributed by atoms with Crippen molar-refractivity contribution < 1.29 is 31.9 Å². The number of anilines is 2. The maximum atomic E-state index is 13.6. The minimum Gasteiger partial charge on any atom is -0.382 e. The van der Waals surface area contributed by atoms with Crippen molar-refractivity contribution in [3.63, 3.8) is 0 Å². The lowest BCUT2D eigenvalue weighted by atomic mass is 9.83. The Labute approximate surface area is 166 Å². The van der Waals surface area contributed by atoms with E-state index in [1.54, 1.807) is 4.90 Å². The molecule has 2 aliphatic rings. The molecule has 30 heavy (non-hydrogen) atoms. The van der Waals surface area contributed by atoms with Gasteiger partial charge in [-0.05, 0) is 12.8 Å². The summed E-state index contributed by atoms with van der Waals surface area (Å²) in [4.78, 5) is 21.0. The van der Waals surface area contributed by atoms with Gasteiger partial charge in [0.25, 0.3) is 12.3 Å². The maximum Gasteiger partial charge on any atom is 0.398 e. The van der Waals surface area contributed by atoms with Crippen LogP contribution in [-0.2, 0) is 4.79 Å². The van der Waals surface area contributed by atoms with Gasteiger partial charge in [0, 0.05) is 30.6 Å². The van der Waals surface area contributed by atoms with E-state index in [1.165, 1.54) is 6.07 Å². The van der Waals surface area contributed by atoms with Crippen LogP contribution in [0.1, 0.15) is 48.1 Å². The number of aromatic nitrogens is 4. The summed E-state index contributed by atoms with van der Waals surface area (Å²) >= 11 is 0. The monoisotopic (exact) mass is 432 g/mol. The molecule has 2 aromatic heterocycles. The van der Waals surface area contributed by atoms with Crippen molar-refractivity contribution in [3.8, 4) is 0 Å². The molecule has 0 aromatic carbocycles. The number of nitrogens with zero attached hydrogens (tertiary/aromatic N) is 4. The number of nitrogens with one attached hydrogen (secondary N) is 2. The third kappa shape index (κ3) is 3.57. The number of aliphatic hydroxyl groups is 1. The number of H-pyrrole nitrogens is 1. The van der Waals surface area contributed by atoms with Crippen molar-refractivity contribution in [2.75, 3.05) is 23.3 Å². The summed E-state index contributed by atoms with van der Waals surface area (Å²) < 4.78 is 66.5. The largest absolute Gasteiger partial charge is 0.398 e. The number of hydrogen-bond donors (Lipinski definition) is 3. The first-order valence-electron chi connectivity index (χ1n) is 9.15. The number of alkyl halides is 5. The van der Waals surface area contributed by atoms with Crippen molar-refractivity contribution >= 4 is 17.5 Å². The Balaban J connectivity index is 1.56. The van der Waals surface area contributed by atoms with Gasteiger partial charge in [-0.1, -0.05) is 0 Å². The van der Waals surface area contributed by atoms with Crippen LogP contribution in [0.4, 0.5) is 33.6 Å². The highest BCUT2D eigenvalue weighted by Crippen LogP contribution is 2.47. The summed E-state index contributed by atoms with van der Waals surface area (Å²) in [5, 5.41) is 18.5. The fraction of sp³-hybridized carbons (Fsp3) is 0.529. The minimum atomic E-state index is -4.84. The number of hydrogen-bond acceptors (Lipinski definition) is 6. The number of aromatic amines is 1. The summed E-state index contributed by atoms with van der Waals surface area (Å²) in [6.07, 6.45) is -8.01. The van der Waals surface area contributed by atoms with Gasteiger partial charge in [0.15, 0.2) is 0 Å². The van der Waals surface area contributed by atoms with Crippen LogP contribution in [0.25, 0.3) is 0 Å². The zero-order valence-electron chi connectivity index (χ0n) is 15.3. The topological polar surface area (TPSA) is 107 Å². The van der Waals surface area contributed by atoms with E-state index in [1.807, 2.05) is 0 Å². The highest BCUT2D eigenvalue weighted by molar-refractivity contribution is 5.97. The molecule has 13 heteroatoms. The van der Waals surface area contributed by atoms with Crippen molar-refractivity contribution in [2.45, 2.75) is 43.4 Å². The molecule has 8 nitrogen and oxygen atoms in total. The van der Waals surface area contributed by atoms with E-state index in [4.69, 9.17) is 0 Å². The molecule has 0 bridgehead atoms. The summed E-state index contributed by atoms with van der Waals surface area (Å²) in [6, 6.07) is 1.19. The van der Waals surface area contributed by atoms with Crippen molar-refractivity contribution in [1.82, 2.24) is 20.2 Å². The van der Waals surface area contributed by atoms with E-state index >= 15 is 0 Å². The van der Waals surface area contributed by atoms with Gasteiger partial charge in [-0.2, -0.15) is 18.3 Å². The molecular formula is C17H17F5N6O2. The van der Waals surface area contributed by atoms with E-state index in [-0.39, 0.29) is 23.0 Å². The van der Waals surface area contributed by atoms with Crippen LogP contribution < -0.4 is 10.2 Å². The van der Waals surface area contributed by atoms with Gasteiger partial charge in [-0.15, -0.1) is 0 Å². The van der Waals surface area contributed by atoms with E-state index in [0.29, 0.717) is 31.7 Å². The van der Waals surface area contributed by atoms with Crippen molar-refractivity contribution in [1.29, 1.82) is 0 Å². The predicted molar refractivity (Wildman–Crippen MR) is 93.2 cm³/mol. The Morgan fingerprint density at radius 3 is 2.53 bits per heavy atom. The zero-order chi connectivity index (χ0) is 21.6. The fourth-order valence-corrected chi connectivity index (χ4v) is 3.97. The molecule has 4 heterocycles. The summed E-state index contributed by atoms with van der Waals surface area (Å²) in [7, 11) is 0. The Morgan fingerprint density at radius 2 is 1.90 bits per heavy atom. The SMILES string of the molecule is O=C1Nc2[nH]nc(C3CCN(c4cc(C(F)F)ncn4)CC3)c2[C@@H](C(F)(F)F)[C@H]1O. The molecule has 0 spiro atoms. The molecular weight excluding hydrogens is 415 g/mol. The number of halogens is 5. The molecule has 1 fully saturated rings. The number of piperidine rings is 1. The van der Waals surface area contributed by atoms with Crippen LogP contribution in [0, 0.1) is 0 Å². The van der Waals surface area contributed by atoms with Crippen LogP contribution in [0.3, 0.4) is 0 Å². The molecule has 0 saturated carbocycles. The number of carbonyl (C=O) groups excluding carboxylic acids is 1. The van der Waals surface area contributed by atoms with Gasteiger partial charge in [-0.25, -0.2) is 18.7 Å². The van der Waals surface area contributed by atoms with Gasteiger partial charge in [-0.3, -0.25) is 9.89 Å². The molecule has 0 radical (unpaired) electrons. The first-order chi connectivity index (χ1) is 14.2. The average Bonchev–Trinajstić information content (AvgIpc) is 3.10. The molecule has 1 saturated heterocycles. The second-order valence-corrected chi connectivity index (χ2v) is 7.21. The molecule has 2 atom stereocenters. The van der Waals surface area contributed by atoms with Crippen molar-refractivity contribution in [2.24, 2.45) is 0 Å². The van der Waals surface area contributed by atoms with Gasteiger partial charge in [0.1, 0.15) is 35.7 Å². The Bertz CT molecular complexity index is 941. The average molecular weight is 432 g/mol. The lowest BCUT2D eigenvalue weighted by molar-refractivity contribution is -0.177. The number of rotatable bonds is 3. The fourth-order valence-electron chi connectivity index (χ4n) is 3.97. The summed E-state index contributed by atoms with van der Waals surface area (Å²) in [6.45, 7) is 0.717. The Kier molecular flexibility index (Phi) is 5.08. The molecule has 2 aliphatic heterocycles. The van der Waals surface area contributed by atoms with E-state index in [9.17, 15) is 31.9 Å². The van der Waals surface area contributed by atoms with Gasteiger partial charge < -0.3 is 15.3 Å². The number of amides is 1. The smallest absolute Gasteiger partial charge is 0.382 e. The van der Waals surface area contributed by atoms with Crippen LogP contribution in [0.5, 0.6) is 0 Å². The molecule has 0 aliphatic carbocycles. The zero-order valence-corrected chi connectivity index (χ0v) is 15.3. The van der Waals surface area contributed by atoms with E-state index in [0.717, 1.165) is 6.33 Å². The quantitative estimate of drug-likeness (QED) is 0.644. The second-order valence-electron chi connectivity index (χ2n) is 7.21. The second kappa shape index (κ2) is 7.45. The molecule has 162 valence electrons. The van der Waals surface area contributed by atoms with E-state index in [2.05, 4.69) is 25.5 Å². The Morgan fingerprint density at radius 1 is 1.20 bits per heavy atom. The summed E-state index contributed by atoms with van der Waals surface area (Å²) in [5.41, 5.74) is -0.515. The minimum absolute atomic E-state index is 0.141. The molecule has 4 rings (SSSR count). The predicted octanol–water partition coefficient (Wildman–Crippen LogP) is 2.48. The van der Waals surface area contributed by atoms with Gasteiger partial charge in [0.2, 0.25) is 0 Å². The van der Waals surface area contributed by atoms with E-state index < -0.39 is 36.2 Å². The number of aliphatic hydroxyl groups excluding tert-OH is 1. The van der Waals surface area contributed by atoms with Crippen LogP contribution in [0.15, 0.2) is 12.4 Å². The highest BCUT2D eigenvalue weighted by Gasteiger charge is 2.53. The molecule has 1 amide bonds. The molecule has 0 unspecified atom stereocenters. The Hall–Kier alpha value is -2.83. The number of carbonyl (C=O) groups is 1. The third-order valence-corrected chi connectivity index (χ3v) is 5.43. The number of fused-ring (bicyclic) bond motifs is 1. The highest BCUT2D eigenvalue weighted by atomic mass is 19.4. The van der Waals surface area contributed by atoms with Crippen LogP contribution in [0.2, 0.25) is 0 Å². The lowest BCUT2D eigenvalue weighted by Gasteiger charge is -2.34. The first-order valence-corrected chi connectivity index (χ1v) is 9.15. The maximum absolute atomic E-state index is 13.6. The molecule has 3 N–H and O–H groups in total. The first kappa shape index (κ1) is 20.4. The van der Waals surface area contributed by atoms with Crippen molar-refractivity contribution in [3.05, 3.63) is 29.3 Å². The van der Waals surface area contributed by atoms with Gasteiger partial charge >= 0.3 is 6.18 Å². The standard InChI is InChI=1S/C17H17F5N6O2/c18-14(19)8-5-9(24-6-23-8)28-3-1-7(2-4-28)12-10-11(17(20,21)22)13(29)16(30)25-15(10)27-26-12/h5-7,11,13-14,29H,1-4H2,(H2,25,26,27,30)/t11-,13-/m1/s1. The van der Waals surface area contributed by atoms with Crippen LogP contribution >= 0.6 is 0 Å². The lowest BCUT2D eigenvalue weighted by Crippen LogP contribution is -2.44. The van der Waals surface area contributed by atoms with Crippen LogP contribution in [-0.4, -0.2) is 56.5 Å². The normalized spacial score (nSPS) is 22.9. The third-order valence-electron chi connectivity index (χ3n) is 5.43. The summed E-state index contributed by atoms with van der Waals surface area (Å²) in [5.74, 6) is -3.73.